The lowest BCUT2D eigenvalue weighted by Crippen LogP contribution is -2.04. The highest BCUT2D eigenvalue weighted by atomic mass is 16.5. The second kappa shape index (κ2) is 5.51. The zero-order valence-corrected chi connectivity index (χ0v) is 10.2. The molecule has 0 aliphatic carbocycles. The summed E-state index contributed by atoms with van der Waals surface area (Å²) in [6.45, 7) is 0.895. The molecule has 0 unspecified atom stereocenters. The molecule has 17 heavy (non-hydrogen) atoms. The van der Waals surface area contributed by atoms with E-state index in [1.165, 1.54) is 11.1 Å². The van der Waals surface area contributed by atoms with Gasteiger partial charge in [-0.15, -0.1) is 0 Å². The van der Waals surface area contributed by atoms with Crippen LogP contribution in [-0.4, -0.2) is 14.2 Å². The Hall–Kier alpha value is -1.80. The molecule has 0 aliphatic rings. The largest absolute Gasteiger partial charge is 0.496 e. The van der Waals surface area contributed by atoms with Gasteiger partial charge in [0.25, 0.3) is 0 Å². The van der Waals surface area contributed by atoms with Crippen LogP contribution in [0, 0.1) is 0 Å². The fraction of sp³-hybridized carbons (Fsp3) is 0.200. The lowest BCUT2D eigenvalue weighted by molar-refractivity contribution is 0.416. The van der Waals surface area contributed by atoms with Crippen LogP contribution in [0.1, 0.15) is 5.56 Å². The highest BCUT2D eigenvalue weighted by molar-refractivity contribution is 5.70. The van der Waals surface area contributed by atoms with E-state index < -0.39 is 0 Å². The highest BCUT2D eigenvalue weighted by Crippen LogP contribution is 2.29. The molecular weight excluding hydrogens is 210 g/mol. The fourth-order valence-corrected chi connectivity index (χ4v) is 1.89. The van der Waals surface area contributed by atoms with E-state index in [1.54, 1.807) is 7.11 Å². The molecule has 0 spiro atoms. The molecule has 0 amide bonds. The van der Waals surface area contributed by atoms with Gasteiger partial charge in [0.15, 0.2) is 0 Å². The summed E-state index contributed by atoms with van der Waals surface area (Å²) in [5, 5.41) is 3.14. The summed E-state index contributed by atoms with van der Waals surface area (Å²) in [4.78, 5) is 0. The van der Waals surface area contributed by atoms with E-state index in [0.717, 1.165) is 17.9 Å². The highest BCUT2D eigenvalue weighted by Gasteiger charge is 2.03. The van der Waals surface area contributed by atoms with Crippen molar-refractivity contribution in [2.45, 2.75) is 6.54 Å². The summed E-state index contributed by atoms with van der Waals surface area (Å²) in [6, 6.07) is 16.6. The molecule has 2 nitrogen and oxygen atoms in total. The van der Waals surface area contributed by atoms with Crippen molar-refractivity contribution in [3.05, 3.63) is 54.1 Å². The first kappa shape index (κ1) is 11.7. The predicted molar refractivity (Wildman–Crippen MR) is 71.2 cm³/mol. The van der Waals surface area contributed by atoms with Crippen LogP contribution in [0.4, 0.5) is 0 Å². The molecule has 88 valence electrons. The number of benzene rings is 2. The molecule has 0 aromatic heterocycles. The number of para-hydroxylation sites is 1. The number of rotatable bonds is 4. The summed E-state index contributed by atoms with van der Waals surface area (Å²) < 4.78 is 5.37. The number of nitrogens with one attached hydrogen (secondary N) is 1. The quantitative estimate of drug-likeness (QED) is 0.866. The van der Waals surface area contributed by atoms with Crippen LogP contribution in [-0.2, 0) is 6.54 Å². The average Bonchev–Trinajstić information content (AvgIpc) is 2.40. The first-order valence-corrected chi connectivity index (χ1v) is 5.72. The third-order valence-electron chi connectivity index (χ3n) is 2.75. The van der Waals surface area contributed by atoms with Crippen LogP contribution in [0.2, 0.25) is 0 Å². The van der Waals surface area contributed by atoms with E-state index in [4.69, 9.17) is 4.74 Å². The zero-order valence-electron chi connectivity index (χ0n) is 10.2. The van der Waals surface area contributed by atoms with Gasteiger partial charge in [0.1, 0.15) is 5.75 Å². The lowest BCUT2D eigenvalue weighted by atomic mass is 10.0. The molecule has 0 saturated carbocycles. The first-order valence-electron chi connectivity index (χ1n) is 5.72. The molecule has 0 bridgehead atoms. The number of hydrogen-bond donors (Lipinski definition) is 1. The normalized spacial score (nSPS) is 10.2. The Bertz CT molecular complexity index is 477. The molecule has 2 rings (SSSR count). The molecule has 1 N–H and O–H groups in total. The standard InChI is InChI=1S/C15H17NO/c1-16-11-12-7-9-13(10-8-12)14-5-3-4-6-15(14)17-2/h3-10,16H,11H2,1-2H3. The van der Waals surface area contributed by atoms with E-state index in [2.05, 4.69) is 35.6 Å². The second-order valence-corrected chi connectivity index (χ2v) is 3.93. The van der Waals surface area contributed by atoms with Crippen LogP contribution in [0.3, 0.4) is 0 Å². The van der Waals surface area contributed by atoms with Crippen LogP contribution < -0.4 is 10.1 Å². The molecule has 0 saturated heterocycles. The maximum absolute atomic E-state index is 5.37. The van der Waals surface area contributed by atoms with Crippen molar-refractivity contribution in [2.24, 2.45) is 0 Å². The molecule has 0 radical (unpaired) electrons. The average molecular weight is 227 g/mol. The Labute approximate surface area is 102 Å². The Morgan fingerprint density at radius 2 is 1.71 bits per heavy atom. The van der Waals surface area contributed by atoms with Crippen molar-refractivity contribution in [3.63, 3.8) is 0 Å². The van der Waals surface area contributed by atoms with Crippen molar-refractivity contribution in [3.8, 4) is 16.9 Å². The third-order valence-corrected chi connectivity index (χ3v) is 2.75. The third kappa shape index (κ3) is 2.66. The van der Waals surface area contributed by atoms with Crippen molar-refractivity contribution in [2.75, 3.05) is 14.2 Å². The monoisotopic (exact) mass is 227 g/mol. The van der Waals surface area contributed by atoms with Crippen molar-refractivity contribution in [1.29, 1.82) is 0 Å². The van der Waals surface area contributed by atoms with Gasteiger partial charge in [-0.2, -0.15) is 0 Å². The van der Waals surface area contributed by atoms with Crippen molar-refractivity contribution in [1.82, 2.24) is 5.32 Å². The SMILES string of the molecule is CNCc1ccc(-c2ccccc2OC)cc1. The summed E-state index contributed by atoms with van der Waals surface area (Å²) in [6.07, 6.45) is 0. The Morgan fingerprint density at radius 3 is 2.35 bits per heavy atom. The van der Waals surface area contributed by atoms with Crippen LogP contribution in [0.25, 0.3) is 11.1 Å². The van der Waals surface area contributed by atoms with Gasteiger partial charge in [-0.25, -0.2) is 0 Å². The summed E-state index contributed by atoms with van der Waals surface area (Å²) in [7, 11) is 3.66. The van der Waals surface area contributed by atoms with Gasteiger partial charge < -0.3 is 10.1 Å². The summed E-state index contributed by atoms with van der Waals surface area (Å²) in [5.41, 5.74) is 3.60. The lowest BCUT2D eigenvalue weighted by Gasteiger charge is -2.09. The molecule has 0 aliphatic heterocycles. The van der Waals surface area contributed by atoms with E-state index in [1.807, 2.05) is 25.2 Å². The van der Waals surface area contributed by atoms with E-state index in [-0.39, 0.29) is 0 Å². The van der Waals surface area contributed by atoms with Gasteiger partial charge in [-0.1, -0.05) is 42.5 Å². The van der Waals surface area contributed by atoms with Crippen molar-refractivity contribution < 1.29 is 4.74 Å². The maximum atomic E-state index is 5.37. The molecule has 0 fully saturated rings. The van der Waals surface area contributed by atoms with Gasteiger partial charge in [0, 0.05) is 12.1 Å². The molecule has 0 atom stereocenters. The van der Waals surface area contributed by atoms with Gasteiger partial charge in [-0.3, -0.25) is 0 Å². The van der Waals surface area contributed by atoms with Crippen LogP contribution in [0.15, 0.2) is 48.5 Å². The Morgan fingerprint density at radius 1 is 1.00 bits per heavy atom. The smallest absolute Gasteiger partial charge is 0.126 e. The van der Waals surface area contributed by atoms with Gasteiger partial charge in [-0.05, 0) is 24.2 Å². The molecular formula is C15H17NO. The molecule has 2 aromatic rings. The number of ether oxygens (including phenoxy) is 1. The van der Waals surface area contributed by atoms with Crippen LogP contribution >= 0.6 is 0 Å². The molecule has 2 heteroatoms. The minimum atomic E-state index is 0.895. The predicted octanol–water partition coefficient (Wildman–Crippen LogP) is 3.08. The molecule has 0 heterocycles. The van der Waals surface area contributed by atoms with E-state index >= 15 is 0 Å². The molecule has 2 aromatic carbocycles. The van der Waals surface area contributed by atoms with Crippen LogP contribution in [0.5, 0.6) is 5.75 Å². The number of methoxy groups -OCH3 is 1. The Balaban J connectivity index is 2.33. The van der Waals surface area contributed by atoms with Gasteiger partial charge >= 0.3 is 0 Å². The van der Waals surface area contributed by atoms with Gasteiger partial charge in [0.05, 0.1) is 7.11 Å². The summed E-state index contributed by atoms with van der Waals surface area (Å²) >= 11 is 0. The first-order chi connectivity index (χ1) is 8.35. The topological polar surface area (TPSA) is 21.3 Å². The minimum Gasteiger partial charge on any atom is -0.496 e. The second-order valence-electron chi connectivity index (χ2n) is 3.93. The fourth-order valence-electron chi connectivity index (χ4n) is 1.89. The Kier molecular flexibility index (Phi) is 3.78. The van der Waals surface area contributed by atoms with Crippen molar-refractivity contribution >= 4 is 0 Å². The minimum absolute atomic E-state index is 0.895. The number of hydrogen-bond acceptors (Lipinski definition) is 2. The summed E-state index contributed by atoms with van der Waals surface area (Å²) in [5.74, 6) is 0.911. The van der Waals surface area contributed by atoms with E-state index in [9.17, 15) is 0 Å². The maximum Gasteiger partial charge on any atom is 0.126 e. The zero-order chi connectivity index (χ0) is 12.1. The van der Waals surface area contributed by atoms with Gasteiger partial charge in [0.2, 0.25) is 0 Å². The van der Waals surface area contributed by atoms with E-state index in [0.29, 0.717) is 0 Å².